The molecule has 3 rings (SSSR count). The molecule has 0 bridgehead atoms. The fourth-order valence-corrected chi connectivity index (χ4v) is 3.13. The van der Waals surface area contributed by atoms with Gasteiger partial charge in [-0.15, -0.1) is 0 Å². The van der Waals surface area contributed by atoms with Crippen LogP contribution in [-0.2, 0) is 10.2 Å². The number of fused-ring (bicyclic) bond motifs is 2. The lowest BCUT2D eigenvalue weighted by Gasteiger charge is -2.39. The first-order valence-electron chi connectivity index (χ1n) is 6.45. The lowest BCUT2D eigenvalue weighted by Crippen LogP contribution is -2.43. The van der Waals surface area contributed by atoms with Crippen molar-refractivity contribution < 1.29 is 4.79 Å². The van der Waals surface area contributed by atoms with Gasteiger partial charge >= 0.3 is 0 Å². The molecule has 1 saturated heterocycles. The van der Waals surface area contributed by atoms with Crippen LogP contribution in [0.3, 0.4) is 0 Å². The van der Waals surface area contributed by atoms with Gasteiger partial charge in [-0.05, 0) is 30.0 Å². The second kappa shape index (κ2) is 4.13. The fraction of sp³-hybridized carbons (Fsp3) is 0.312. The largest absolute Gasteiger partial charge is 0.339 e. The molecule has 0 unspecified atom stereocenters. The van der Waals surface area contributed by atoms with Crippen LogP contribution in [0.4, 0.5) is 0 Å². The number of hydrogen-bond acceptors (Lipinski definition) is 1. The van der Waals surface area contributed by atoms with E-state index in [2.05, 4.69) is 43.0 Å². The number of likely N-dealkylation sites (tertiary alicyclic amines) is 1. The third-order valence-corrected chi connectivity index (χ3v) is 4.22. The number of carbonyl (C=O) groups is 1. The van der Waals surface area contributed by atoms with E-state index in [0.29, 0.717) is 0 Å². The predicted molar refractivity (Wildman–Crippen MR) is 73.2 cm³/mol. The Kier molecular flexibility index (Phi) is 2.58. The molecule has 18 heavy (non-hydrogen) atoms. The Bertz CT molecular complexity index is 522. The predicted octanol–water partition coefficient (Wildman–Crippen LogP) is 2.76. The van der Waals surface area contributed by atoms with Gasteiger partial charge in [-0.1, -0.05) is 43.0 Å². The van der Waals surface area contributed by atoms with E-state index in [-0.39, 0.29) is 11.3 Å². The summed E-state index contributed by atoms with van der Waals surface area (Å²) in [5.74, 6) is 0.0557. The quantitative estimate of drug-likeness (QED) is 0.690. The standard InChI is InChI=1S/C16H17NO/c1-2-15(18)17-11-9-16(10-12-17)8-7-13-5-3-4-6-14(13)16/h2-8H,1,9-12H2. The Morgan fingerprint density at radius 1 is 1.28 bits per heavy atom. The van der Waals surface area contributed by atoms with Gasteiger partial charge in [-0.25, -0.2) is 0 Å². The summed E-state index contributed by atoms with van der Waals surface area (Å²) < 4.78 is 0. The van der Waals surface area contributed by atoms with Gasteiger partial charge in [0.2, 0.25) is 5.91 Å². The minimum atomic E-state index is 0.0557. The van der Waals surface area contributed by atoms with E-state index in [0.717, 1.165) is 25.9 Å². The van der Waals surface area contributed by atoms with Crippen molar-refractivity contribution >= 4 is 12.0 Å². The van der Waals surface area contributed by atoms with E-state index < -0.39 is 0 Å². The Morgan fingerprint density at radius 2 is 2.00 bits per heavy atom. The maximum atomic E-state index is 11.6. The van der Waals surface area contributed by atoms with E-state index in [9.17, 15) is 4.79 Å². The summed E-state index contributed by atoms with van der Waals surface area (Å²) >= 11 is 0. The second-order valence-electron chi connectivity index (χ2n) is 5.11. The van der Waals surface area contributed by atoms with Crippen LogP contribution >= 0.6 is 0 Å². The Labute approximate surface area is 108 Å². The molecule has 1 aliphatic carbocycles. The summed E-state index contributed by atoms with van der Waals surface area (Å²) in [4.78, 5) is 13.5. The summed E-state index contributed by atoms with van der Waals surface area (Å²) in [6.45, 7) is 5.20. The highest BCUT2D eigenvalue weighted by Gasteiger charge is 2.38. The summed E-state index contributed by atoms with van der Waals surface area (Å²) in [5, 5.41) is 0. The molecule has 1 aromatic rings. The third kappa shape index (κ3) is 1.60. The van der Waals surface area contributed by atoms with Crippen molar-refractivity contribution in [2.75, 3.05) is 13.1 Å². The smallest absolute Gasteiger partial charge is 0.245 e. The Balaban J connectivity index is 1.83. The molecule has 1 amide bonds. The normalized spacial score (nSPS) is 19.9. The maximum Gasteiger partial charge on any atom is 0.245 e. The number of benzene rings is 1. The van der Waals surface area contributed by atoms with Crippen LogP contribution in [0.2, 0.25) is 0 Å². The zero-order valence-corrected chi connectivity index (χ0v) is 10.4. The van der Waals surface area contributed by atoms with E-state index in [1.54, 1.807) is 0 Å². The monoisotopic (exact) mass is 239 g/mol. The van der Waals surface area contributed by atoms with Crippen molar-refractivity contribution in [2.45, 2.75) is 18.3 Å². The number of piperidine rings is 1. The third-order valence-electron chi connectivity index (χ3n) is 4.22. The van der Waals surface area contributed by atoms with Crippen LogP contribution < -0.4 is 0 Å². The van der Waals surface area contributed by atoms with Crippen molar-refractivity contribution in [3.05, 3.63) is 54.1 Å². The molecule has 0 radical (unpaired) electrons. The fourth-order valence-electron chi connectivity index (χ4n) is 3.13. The number of rotatable bonds is 1. The molecule has 0 aromatic heterocycles. The van der Waals surface area contributed by atoms with Crippen LogP contribution in [0.25, 0.3) is 6.08 Å². The summed E-state index contributed by atoms with van der Waals surface area (Å²) in [7, 11) is 0. The molecular formula is C16H17NO. The molecule has 0 atom stereocenters. The molecule has 1 fully saturated rings. The van der Waals surface area contributed by atoms with Crippen LogP contribution in [0.15, 0.2) is 43.0 Å². The second-order valence-corrected chi connectivity index (χ2v) is 5.11. The average Bonchev–Trinajstić information content (AvgIpc) is 2.78. The zero-order valence-electron chi connectivity index (χ0n) is 10.4. The van der Waals surface area contributed by atoms with Crippen LogP contribution in [0.1, 0.15) is 24.0 Å². The molecule has 0 saturated carbocycles. The van der Waals surface area contributed by atoms with E-state index in [1.165, 1.54) is 17.2 Å². The van der Waals surface area contributed by atoms with E-state index in [4.69, 9.17) is 0 Å². The zero-order chi connectivity index (χ0) is 12.6. The molecule has 2 nitrogen and oxygen atoms in total. The number of amides is 1. The van der Waals surface area contributed by atoms with E-state index in [1.807, 2.05) is 4.90 Å². The molecule has 1 aliphatic heterocycles. The van der Waals surface area contributed by atoms with Crippen molar-refractivity contribution in [3.63, 3.8) is 0 Å². The highest BCUT2D eigenvalue weighted by Crippen LogP contribution is 2.43. The molecule has 1 aromatic carbocycles. The Hall–Kier alpha value is -1.83. The summed E-state index contributed by atoms with van der Waals surface area (Å²) in [6.07, 6.45) is 7.99. The van der Waals surface area contributed by atoms with Gasteiger partial charge in [-0.2, -0.15) is 0 Å². The number of nitrogens with zero attached hydrogens (tertiary/aromatic N) is 1. The van der Waals surface area contributed by atoms with Gasteiger partial charge in [0.1, 0.15) is 0 Å². The average molecular weight is 239 g/mol. The molecule has 1 spiro atoms. The number of hydrogen-bond donors (Lipinski definition) is 0. The number of carbonyl (C=O) groups excluding carboxylic acids is 1. The van der Waals surface area contributed by atoms with Gasteiger partial charge in [0.15, 0.2) is 0 Å². The lowest BCUT2D eigenvalue weighted by atomic mass is 9.74. The molecule has 2 aliphatic rings. The van der Waals surface area contributed by atoms with Crippen molar-refractivity contribution in [1.29, 1.82) is 0 Å². The van der Waals surface area contributed by atoms with Crippen LogP contribution in [0, 0.1) is 0 Å². The molecular weight excluding hydrogens is 222 g/mol. The van der Waals surface area contributed by atoms with Crippen molar-refractivity contribution in [3.8, 4) is 0 Å². The van der Waals surface area contributed by atoms with Crippen molar-refractivity contribution in [1.82, 2.24) is 4.90 Å². The maximum absolute atomic E-state index is 11.6. The topological polar surface area (TPSA) is 20.3 Å². The van der Waals surface area contributed by atoms with Gasteiger partial charge in [0, 0.05) is 18.5 Å². The molecule has 92 valence electrons. The first-order chi connectivity index (χ1) is 8.75. The first-order valence-corrected chi connectivity index (χ1v) is 6.45. The molecule has 2 heteroatoms. The van der Waals surface area contributed by atoms with Gasteiger partial charge in [0.25, 0.3) is 0 Å². The highest BCUT2D eigenvalue weighted by molar-refractivity contribution is 5.87. The molecule has 1 heterocycles. The van der Waals surface area contributed by atoms with Crippen LogP contribution in [-0.4, -0.2) is 23.9 Å². The minimum absolute atomic E-state index is 0.0557. The summed E-state index contributed by atoms with van der Waals surface area (Å²) in [6, 6.07) is 8.58. The number of allylic oxidation sites excluding steroid dienone is 1. The van der Waals surface area contributed by atoms with Crippen molar-refractivity contribution in [2.24, 2.45) is 0 Å². The van der Waals surface area contributed by atoms with Gasteiger partial charge < -0.3 is 4.90 Å². The first kappa shape index (κ1) is 11.3. The van der Waals surface area contributed by atoms with Gasteiger partial charge in [-0.3, -0.25) is 4.79 Å². The van der Waals surface area contributed by atoms with Crippen LogP contribution in [0.5, 0.6) is 0 Å². The summed E-state index contributed by atoms with van der Waals surface area (Å²) in [5.41, 5.74) is 2.92. The lowest BCUT2D eigenvalue weighted by molar-refractivity contribution is -0.127. The highest BCUT2D eigenvalue weighted by atomic mass is 16.2. The van der Waals surface area contributed by atoms with E-state index >= 15 is 0 Å². The Morgan fingerprint density at radius 3 is 2.72 bits per heavy atom. The molecule has 0 N–H and O–H groups in total. The van der Waals surface area contributed by atoms with Gasteiger partial charge in [0.05, 0.1) is 0 Å². The SMILES string of the molecule is C=CC(=O)N1CCC2(C=Cc3ccccc32)CC1. The minimum Gasteiger partial charge on any atom is -0.339 e.